The van der Waals surface area contributed by atoms with E-state index in [-0.39, 0.29) is 23.5 Å². The molecule has 2 amide bonds. The van der Waals surface area contributed by atoms with Gasteiger partial charge in [-0.1, -0.05) is 48.5 Å². The van der Waals surface area contributed by atoms with Gasteiger partial charge in [-0.2, -0.15) is 0 Å². The number of piperidine rings is 1. The summed E-state index contributed by atoms with van der Waals surface area (Å²) in [6.45, 7) is 1.09. The third-order valence-electron chi connectivity index (χ3n) is 5.80. The molecule has 0 radical (unpaired) electrons. The maximum absolute atomic E-state index is 12.9. The van der Waals surface area contributed by atoms with Gasteiger partial charge in [-0.3, -0.25) is 4.79 Å². The van der Waals surface area contributed by atoms with Crippen molar-refractivity contribution in [1.29, 1.82) is 0 Å². The number of aromatic hydroxyl groups is 1. The summed E-state index contributed by atoms with van der Waals surface area (Å²) in [6, 6.07) is 24.3. The van der Waals surface area contributed by atoms with Gasteiger partial charge in [-0.15, -0.1) is 0 Å². The van der Waals surface area contributed by atoms with Gasteiger partial charge in [0.1, 0.15) is 5.75 Å². The van der Waals surface area contributed by atoms with Crippen LogP contribution >= 0.6 is 0 Å². The van der Waals surface area contributed by atoms with E-state index in [9.17, 15) is 14.7 Å². The lowest BCUT2D eigenvalue weighted by atomic mass is 9.89. The summed E-state index contributed by atoms with van der Waals surface area (Å²) in [5.41, 5.74) is 3.69. The van der Waals surface area contributed by atoms with Crippen molar-refractivity contribution >= 4 is 17.5 Å². The van der Waals surface area contributed by atoms with E-state index in [1.807, 2.05) is 42.5 Å². The van der Waals surface area contributed by atoms with Gasteiger partial charge in [-0.05, 0) is 60.7 Å². The second-order valence-electron chi connectivity index (χ2n) is 7.92. The number of rotatable bonds is 5. The van der Waals surface area contributed by atoms with Crippen molar-refractivity contribution in [3.05, 3.63) is 95.6 Å². The molecule has 0 spiro atoms. The molecular weight excluding hydrogens is 388 g/mol. The predicted octanol–water partition coefficient (Wildman–Crippen LogP) is 5.11. The quantitative estimate of drug-likeness (QED) is 0.570. The monoisotopic (exact) mass is 414 g/mol. The van der Waals surface area contributed by atoms with E-state index in [1.165, 1.54) is 17.7 Å². The lowest BCUT2D eigenvalue weighted by Crippen LogP contribution is -2.42. The number of hydrogen-bond acceptors (Lipinski definition) is 3. The minimum absolute atomic E-state index is 0.0771. The molecule has 0 aromatic heterocycles. The van der Waals surface area contributed by atoms with Gasteiger partial charge in [0.15, 0.2) is 5.78 Å². The number of ketones is 1. The van der Waals surface area contributed by atoms with Gasteiger partial charge >= 0.3 is 6.03 Å². The highest BCUT2D eigenvalue weighted by molar-refractivity contribution is 5.98. The molecular formula is C26H26N2O3. The molecule has 0 saturated carbocycles. The van der Waals surface area contributed by atoms with Crippen LogP contribution in [-0.4, -0.2) is 34.9 Å². The second kappa shape index (κ2) is 9.47. The fraction of sp³-hybridized carbons (Fsp3) is 0.231. The van der Waals surface area contributed by atoms with Crippen molar-refractivity contribution in [1.82, 2.24) is 4.90 Å². The molecule has 2 N–H and O–H groups in total. The summed E-state index contributed by atoms with van der Waals surface area (Å²) < 4.78 is 0. The Kier molecular flexibility index (Phi) is 6.32. The summed E-state index contributed by atoms with van der Waals surface area (Å²) in [6.07, 6.45) is 2.03. The van der Waals surface area contributed by atoms with Crippen LogP contribution in [-0.2, 0) is 6.42 Å². The topological polar surface area (TPSA) is 69.6 Å². The van der Waals surface area contributed by atoms with Gasteiger partial charge in [0.25, 0.3) is 0 Å². The Labute approximate surface area is 182 Å². The van der Waals surface area contributed by atoms with E-state index in [0.29, 0.717) is 31.5 Å². The zero-order valence-electron chi connectivity index (χ0n) is 17.3. The molecule has 1 aliphatic rings. The number of urea groups is 1. The highest BCUT2D eigenvalue weighted by Crippen LogP contribution is 2.24. The Morgan fingerprint density at radius 3 is 2.23 bits per heavy atom. The first-order valence-electron chi connectivity index (χ1n) is 10.6. The molecule has 1 aliphatic heterocycles. The van der Waals surface area contributed by atoms with Crippen LogP contribution in [0.5, 0.6) is 5.75 Å². The fourth-order valence-corrected chi connectivity index (χ4v) is 4.01. The highest BCUT2D eigenvalue weighted by Gasteiger charge is 2.28. The predicted molar refractivity (Wildman–Crippen MR) is 121 cm³/mol. The minimum atomic E-state index is -0.129. The zero-order chi connectivity index (χ0) is 21.6. The summed E-state index contributed by atoms with van der Waals surface area (Å²) in [7, 11) is 0. The number of hydrogen-bond donors (Lipinski definition) is 2. The van der Waals surface area contributed by atoms with Crippen LogP contribution in [0, 0.1) is 5.92 Å². The van der Waals surface area contributed by atoms with E-state index in [1.54, 1.807) is 17.0 Å². The summed E-state index contributed by atoms with van der Waals surface area (Å²) >= 11 is 0. The smallest absolute Gasteiger partial charge is 0.321 e. The zero-order valence-corrected chi connectivity index (χ0v) is 17.3. The first kappa shape index (κ1) is 20.7. The molecule has 0 bridgehead atoms. The van der Waals surface area contributed by atoms with Gasteiger partial charge < -0.3 is 15.3 Å². The molecule has 31 heavy (non-hydrogen) atoms. The number of nitrogens with one attached hydrogen (secondary N) is 1. The number of phenols is 1. The molecule has 1 fully saturated rings. The number of nitrogens with zero attached hydrogens (tertiary/aromatic N) is 1. The average molecular weight is 415 g/mol. The summed E-state index contributed by atoms with van der Waals surface area (Å²) in [5.74, 6) is 0.128. The van der Waals surface area contributed by atoms with Crippen molar-refractivity contribution in [2.45, 2.75) is 19.3 Å². The first-order chi connectivity index (χ1) is 15.1. The molecule has 3 aromatic rings. The lowest BCUT2D eigenvalue weighted by Gasteiger charge is -2.31. The second-order valence-corrected chi connectivity index (χ2v) is 7.92. The molecule has 1 heterocycles. The number of likely N-dealkylation sites (tertiary alicyclic amines) is 1. The van der Waals surface area contributed by atoms with Gasteiger partial charge in [0.05, 0.1) is 0 Å². The van der Waals surface area contributed by atoms with Crippen LogP contribution in [0.3, 0.4) is 0 Å². The third kappa shape index (κ3) is 5.12. The van der Waals surface area contributed by atoms with E-state index >= 15 is 0 Å². The van der Waals surface area contributed by atoms with Crippen molar-refractivity contribution in [2.24, 2.45) is 5.92 Å². The van der Waals surface area contributed by atoms with Crippen LogP contribution in [0.15, 0.2) is 78.9 Å². The first-order valence-corrected chi connectivity index (χ1v) is 10.6. The van der Waals surface area contributed by atoms with Crippen LogP contribution in [0.1, 0.15) is 34.3 Å². The maximum Gasteiger partial charge on any atom is 0.321 e. The van der Waals surface area contributed by atoms with E-state index < -0.39 is 0 Å². The number of carbonyl (C=O) groups excluding carboxylic acids is 2. The Morgan fingerprint density at radius 1 is 0.871 bits per heavy atom. The number of amides is 2. The highest BCUT2D eigenvalue weighted by atomic mass is 16.3. The largest absolute Gasteiger partial charge is 0.508 e. The van der Waals surface area contributed by atoms with E-state index in [4.69, 9.17) is 0 Å². The number of para-hydroxylation sites is 1. The molecule has 5 nitrogen and oxygen atoms in total. The van der Waals surface area contributed by atoms with E-state index in [0.717, 1.165) is 17.7 Å². The van der Waals surface area contributed by atoms with E-state index in [2.05, 4.69) is 17.4 Å². The van der Waals surface area contributed by atoms with Gasteiger partial charge in [-0.25, -0.2) is 4.79 Å². The molecule has 4 rings (SSSR count). The van der Waals surface area contributed by atoms with Crippen LogP contribution in [0.2, 0.25) is 0 Å². The van der Waals surface area contributed by atoms with Crippen LogP contribution in [0.25, 0.3) is 0 Å². The fourth-order valence-electron chi connectivity index (χ4n) is 4.01. The molecule has 0 aliphatic carbocycles. The number of anilines is 1. The Bertz CT molecular complexity index is 1040. The van der Waals surface area contributed by atoms with Crippen molar-refractivity contribution in [3.8, 4) is 5.75 Å². The molecule has 1 saturated heterocycles. The van der Waals surface area contributed by atoms with Crippen molar-refractivity contribution in [3.63, 3.8) is 0 Å². The summed E-state index contributed by atoms with van der Waals surface area (Å²) in [4.78, 5) is 27.3. The number of phenolic OH excluding ortho intramolecular Hbond substituents is 1. The van der Waals surface area contributed by atoms with Gasteiger partial charge in [0, 0.05) is 30.3 Å². The minimum Gasteiger partial charge on any atom is -0.508 e. The SMILES string of the molecule is O=C(c1ccc(O)cc1)C1CCN(C(=O)Nc2ccccc2Cc2ccccc2)CC1. The van der Waals surface area contributed by atoms with Crippen LogP contribution < -0.4 is 5.32 Å². The number of Topliss-reactive ketones (excluding diaryl/α,β-unsaturated/α-hetero) is 1. The van der Waals surface area contributed by atoms with Crippen molar-refractivity contribution < 1.29 is 14.7 Å². The maximum atomic E-state index is 12.9. The molecule has 5 heteroatoms. The molecule has 0 unspecified atom stereocenters. The number of benzene rings is 3. The molecule has 3 aromatic carbocycles. The summed E-state index contributed by atoms with van der Waals surface area (Å²) in [5, 5.41) is 12.5. The molecule has 0 atom stereocenters. The average Bonchev–Trinajstić information content (AvgIpc) is 2.81. The van der Waals surface area contributed by atoms with Crippen LogP contribution in [0.4, 0.5) is 10.5 Å². The van der Waals surface area contributed by atoms with Gasteiger partial charge in [0.2, 0.25) is 0 Å². The van der Waals surface area contributed by atoms with Crippen molar-refractivity contribution in [2.75, 3.05) is 18.4 Å². The number of carbonyl (C=O) groups is 2. The lowest BCUT2D eigenvalue weighted by molar-refractivity contribution is 0.0859. The standard InChI is InChI=1S/C26H26N2O3/c29-23-12-10-20(11-13-23)25(30)21-14-16-28(17-15-21)26(31)27-24-9-5-4-8-22(24)18-19-6-2-1-3-7-19/h1-13,21,29H,14-18H2,(H,27,31). The Balaban J connectivity index is 1.35. The molecule has 158 valence electrons. The Hall–Kier alpha value is -3.60. The Morgan fingerprint density at radius 2 is 1.52 bits per heavy atom. The normalized spacial score (nSPS) is 14.3. The third-order valence-corrected chi connectivity index (χ3v) is 5.80.